The molecule has 0 bridgehead atoms. The van der Waals surface area contributed by atoms with E-state index in [9.17, 15) is 14.9 Å². The largest absolute Gasteiger partial charge is 0.319 e. The van der Waals surface area contributed by atoms with Crippen molar-refractivity contribution in [3.05, 3.63) is 62.6 Å². The highest BCUT2D eigenvalue weighted by molar-refractivity contribution is 7.18. The summed E-state index contributed by atoms with van der Waals surface area (Å²) in [7, 11) is 0. The summed E-state index contributed by atoms with van der Waals surface area (Å²) in [6.45, 7) is 4.86. The van der Waals surface area contributed by atoms with Crippen molar-refractivity contribution in [2.24, 2.45) is 0 Å². The third-order valence-corrected chi connectivity index (χ3v) is 6.71. The highest BCUT2D eigenvalue weighted by Gasteiger charge is 2.34. The first-order valence-electron chi connectivity index (χ1n) is 9.68. The molecule has 1 aliphatic heterocycles. The maximum Gasteiger partial charge on any atom is 0.293 e. The van der Waals surface area contributed by atoms with Gasteiger partial charge in [-0.25, -0.2) is 4.98 Å². The molecule has 29 heavy (non-hydrogen) atoms. The van der Waals surface area contributed by atoms with Gasteiger partial charge in [0.25, 0.3) is 11.6 Å². The molecule has 2 heterocycles. The van der Waals surface area contributed by atoms with E-state index in [1.807, 2.05) is 32.0 Å². The van der Waals surface area contributed by atoms with Gasteiger partial charge in [0.1, 0.15) is 11.7 Å². The molecule has 3 aromatic rings. The fraction of sp³-hybridized carbons (Fsp3) is 0.333. The number of aromatic nitrogens is 1. The van der Waals surface area contributed by atoms with Gasteiger partial charge in [0.2, 0.25) is 0 Å². The number of thiazole rings is 1. The van der Waals surface area contributed by atoms with E-state index in [0.717, 1.165) is 50.6 Å². The molecule has 150 valence electrons. The number of carbonyl (C=O) groups is 1. The third-order valence-electron chi connectivity index (χ3n) is 5.56. The Kier molecular flexibility index (Phi) is 5.29. The van der Waals surface area contributed by atoms with Gasteiger partial charge in [-0.3, -0.25) is 14.9 Å². The summed E-state index contributed by atoms with van der Waals surface area (Å²) in [6.07, 6.45) is 2.03. The average Bonchev–Trinajstić information content (AvgIpc) is 3.30. The number of nitrogens with zero attached hydrogens (tertiary/aromatic N) is 2. The molecule has 0 aliphatic carbocycles. The molecule has 0 radical (unpaired) electrons. The van der Waals surface area contributed by atoms with Crippen molar-refractivity contribution in [2.75, 3.05) is 18.4 Å². The lowest BCUT2D eigenvalue weighted by Gasteiger charge is -2.19. The van der Waals surface area contributed by atoms with Crippen molar-refractivity contribution in [1.82, 2.24) is 4.98 Å². The first-order valence-corrected chi connectivity index (χ1v) is 10.5. The van der Waals surface area contributed by atoms with Gasteiger partial charge in [-0.2, -0.15) is 0 Å². The van der Waals surface area contributed by atoms with Crippen LogP contribution < -0.4 is 10.2 Å². The normalized spacial score (nSPS) is 18.8. The molecule has 7 nitrogen and oxygen atoms in total. The summed E-state index contributed by atoms with van der Waals surface area (Å²) < 4.78 is 1.16. The molecule has 2 N–H and O–H groups in total. The molecule has 1 saturated heterocycles. The van der Waals surface area contributed by atoms with Gasteiger partial charge < -0.3 is 10.2 Å². The second-order valence-corrected chi connectivity index (χ2v) is 8.62. The lowest BCUT2D eigenvalue weighted by molar-refractivity contribution is -0.910. The molecule has 0 saturated carbocycles. The van der Waals surface area contributed by atoms with E-state index < -0.39 is 4.92 Å². The van der Waals surface area contributed by atoms with Crippen LogP contribution in [0.3, 0.4) is 0 Å². The Hall–Kier alpha value is -2.84. The van der Waals surface area contributed by atoms with Crippen molar-refractivity contribution < 1.29 is 14.6 Å². The summed E-state index contributed by atoms with van der Waals surface area (Å²) in [6, 6.07) is 11.4. The number of hydrogen-bond donors (Lipinski definition) is 2. The fourth-order valence-electron chi connectivity index (χ4n) is 3.91. The second-order valence-electron chi connectivity index (χ2n) is 7.56. The van der Waals surface area contributed by atoms with E-state index in [4.69, 9.17) is 4.98 Å². The zero-order chi connectivity index (χ0) is 20.5. The first kappa shape index (κ1) is 19.5. The average molecular weight is 412 g/mol. The number of quaternary nitrogens is 1. The molecular formula is C21H23N4O3S+. The monoisotopic (exact) mass is 411 g/mol. The molecule has 1 aromatic heterocycles. The molecule has 1 fully saturated rings. The van der Waals surface area contributed by atoms with Crippen molar-refractivity contribution in [1.29, 1.82) is 0 Å². The van der Waals surface area contributed by atoms with E-state index in [2.05, 4.69) is 11.4 Å². The van der Waals surface area contributed by atoms with Crippen molar-refractivity contribution in [3.63, 3.8) is 0 Å². The van der Waals surface area contributed by atoms with E-state index in [1.165, 1.54) is 6.07 Å². The molecule has 4 rings (SSSR count). The number of nitro benzene ring substituents is 1. The van der Waals surface area contributed by atoms with E-state index in [0.29, 0.717) is 0 Å². The molecule has 2 atom stereocenters. The second kappa shape index (κ2) is 7.88. The van der Waals surface area contributed by atoms with Crippen LogP contribution in [0.1, 0.15) is 35.0 Å². The first-order chi connectivity index (χ1) is 13.9. The Balaban J connectivity index is 1.51. The lowest BCUT2D eigenvalue weighted by Crippen LogP contribution is -3.11. The van der Waals surface area contributed by atoms with Crippen molar-refractivity contribution >= 4 is 38.8 Å². The summed E-state index contributed by atoms with van der Waals surface area (Å²) in [5.74, 6) is -0.209. The van der Waals surface area contributed by atoms with Gasteiger partial charge in [-0.15, -0.1) is 11.3 Å². The number of nitro groups is 1. The zero-order valence-corrected chi connectivity index (χ0v) is 17.2. The Morgan fingerprint density at radius 1 is 1.31 bits per heavy atom. The zero-order valence-electron chi connectivity index (χ0n) is 16.4. The predicted molar refractivity (Wildman–Crippen MR) is 113 cm³/mol. The SMILES string of the molecule is Cc1cc(NC(=O)C[NH+]2CCC[C@H]2c2nc3ccccc3s2)c([N+](=O)[O-])cc1C. The Bertz CT molecular complexity index is 1060. The minimum atomic E-state index is -0.450. The van der Waals surface area contributed by atoms with E-state index in [1.54, 1.807) is 17.4 Å². The third kappa shape index (κ3) is 3.99. The van der Waals surface area contributed by atoms with Crippen LogP contribution in [0, 0.1) is 24.0 Å². The summed E-state index contributed by atoms with van der Waals surface area (Å²) in [4.78, 5) is 29.6. The van der Waals surface area contributed by atoms with E-state index in [-0.39, 0.29) is 29.9 Å². The number of anilines is 1. The van der Waals surface area contributed by atoms with Gasteiger partial charge in [0, 0.05) is 18.9 Å². The van der Waals surface area contributed by atoms with Gasteiger partial charge >= 0.3 is 0 Å². The lowest BCUT2D eigenvalue weighted by atomic mass is 10.1. The quantitative estimate of drug-likeness (QED) is 0.498. The standard InChI is InChI=1S/C21H22N4O3S/c1-13-10-16(18(25(27)28)11-14(13)2)22-20(26)12-24-9-5-7-17(24)21-23-15-6-3-4-8-19(15)29-21/h3-4,6,8,10-11,17H,5,7,9,12H2,1-2H3,(H,22,26)/p+1/t17-/m0/s1. The topological polar surface area (TPSA) is 89.6 Å². The molecule has 8 heteroatoms. The fourth-order valence-corrected chi connectivity index (χ4v) is 5.07. The van der Waals surface area contributed by atoms with Crippen LogP contribution in [0.25, 0.3) is 10.2 Å². The van der Waals surface area contributed by atoms with Crippen LogP contribution in [-0.4, -0.2) is 28.9 Å². The number of nitrogens with one attached hydrogen (secondary N) is 2. The van der Waals surface area contributed by atoms with Crippen molar-refractivity contribution in [2.45, 2.75) is 32.7 Å². The number of fused-ring (bicyclic) bond motifs is 1. The minimum absolute atomic E-state index is 0.0689. The molecule has 0 spiro atoms. The van der Waals surface area contributed by atoms with Gasteiger partial charge in [0.15, 0.2) is 11.6 Å². The van der Waals surface area contributed by atoms with E-state index >= 15 is 0 Å². The maximum absolute atomic E-state index is 12.7. The number of aryl methyl sites for hydroxylation is 2. The molecular weight excluding hydrogens is 388 g/mol. The van der Waals surface area contributed by atoms with Gasteiger partial charge in [-0.1, -0.05) is 12.1 Å². The Labute approximate surface area is 172 Å². The molecule has 2 aromatic carbocycles. The number of carbonyl (C=O) groups excluding carboxylic acids is 1. The van der Waals surface area contributed by atoms with Crippen molar-refractivity contribution in [3.8, 4) is 0 Å². The van der Waals surface area contributed by atoms with Crippen LogP contribution in [0.2, 0.25) is 0 Å². The van der Waals surface area contributed by atoms with Crippen LogP contribution in [-0.2, 0) is 4.79 Å². The van der Waals surface area contributed by atoms with Gasteiger partial charge in [-0.05, 0) is 43.2 Å². The maximum atomic E-state index is 12.7. The van der Waals surface area contributed by atoms with Crippen LogP contribution in [0.15, 0.2) is 36.4 Å². The number of para-hydroxylation sites is 1. The molecule has 1 unspecified atom stereocenters. The number of hydrogen-bond acceptors (Lipinski definition) is 5. The van der Waals surface area contributed by atoms with Gasteiger partial charge in [0.05, 0.1) is 21.7 Å². The predicted octanol–water partition coefficient (Wildman–Crippen LogP) is 3.18. The highest BCUT2D eigenvalue weighted by atomic mass is 32.1. The smallest absolute Gasteiger partial charge is 0.293 e. The molecule has 1 amide bonds. The Morgan fingerprint density at radius 3 is 2.83 bits per heavy atom. The van der Waals surface area contributed by atoms with Crippen LogP contribution in [0.4, 0.5) is 11.4 Å². The summed E-state index contributed by atoms with van der Waals surface area (Å²) >= 11 is 1.69. The minimum Gasteiger partial charge on any atom is -0.319 e. The highest BCUT2D eigenvalue weighted by Crippen LogP contribution is 2.29. The number of likely N-dealkylation sites (tertiary alicyclic amines) is 1. The number of amides is 1. The van der Waals surface area contributed by atoms with Crippen LogP contribution >= 0.6 is 11.3 Å². The Morgan fingerprint density at radius 2 is 2.07 bits per heavy atom. The molecule has 1 aliphatic rings. The summed E-state index contributed by atoms with van der Waals surface area (Å²) in [5, 5.41) is 15.2. The number of benzene rings is 2. The number of rotatable bonds is 5. The van der Waals surface area contributed by atoms with Crippen LogP contribution in [0.5, 0.6) is 0 Å². The summed E-state index contributed by atoms with van der Waals surface area (Å²) in [5.41, 5.74) is 2.93.